The predicted molar refractivity (Wildman–Crippen MR) is 120 cm³/mol. The van der Waals surface area contributed by atoms with Gasteiger partial charge in [0, 0.05) is 12.1 Å². The first-order valence-electron chi connectivity index (χ1n) is 9.06. The molecule has 0 N–H and O–H groups in total. The van der Waals surface area contributed by atoms with Crippen molar-refractivity contribution in [2.24, 2.45) is 7.05 Å². The number of carbonyl (C=O) groups excluding carboxylic acids is 1. The van der Waals surface area contributed by atoms with Crippen molar-refractivity contribution in [3.63, 3.8) is 0 Å². The maximum atomic E-state index is 13.3. The van der Waals surface area contributed by atoms with Gasteiger partial charge in [0.25, 0.3) is 10.0 Å². The number of esters is 1. The van der Waals surface area contributed by atoms with E-state index < -0.39 is 16.0 Å². The highest BCUT2D eigenvalue weighted by Gasteiger charge is 2.25. The maximum absolute atomic E-state index is 13.3. The molecular formula is C21H19Cl2N3O4S. The van der Waals surface area contributed by atoms with Crippen LogP contribution in [0.5, 0.6) is 0 Å². The van der Waals surface area contributed by atoms with Gasteiger partial charge >= 0.3 is 5.97 Å². The summed E-state index contributed by atoms with van der Waals surface area (Å²) < 4.78 is 34.6. The average molecular weight is 480 g/mol. The molecule has 31 heavy (non-hydrogen) atoms. The number of sulfonamides is 1. The number of aromatic nitrogens is 2. The summed E-state index contributed by atoms with van der Waals surface area (Å²) in [7, 11) is -2.29. The first-order valence-corrected chi connectivity index (χ1v) is 11.3. The normalized spacial score (nSPS) is 11.2. The van der Waals surface area contributed by atoms with Gasteiger partial charge in [0.05, 0.1) is 28.9 Å². The lowest BCUT2D eigenvalue weighted by atomic mass is 10.2. The molecule has 0 saturated heterocycles. The topological polar surface area (TPSA) is 81.5 Å². The second-order valence-electron chi connectivity index (χ2n) is 6.46. The molecule has 3 rings (SSSR count). The van der Waals surface area contributed by atoms with E-state index in [-0.39, 0.29) is 23.6 Å². The minimum absolute atomic E-state index is 0.0402. The lowest BCUT2D eigenvalue weighted by molar-refractivity contribution is 0.0459. The average Bonchev–Trinajstić information content (AvgIpc) is 3.08. The number of hydrogen-bond acceptors (Lipinski definition) is 5. The van der Waals surface area contributed by atoms with Crippen LogP contribution in [0.2, 0.25) is 10.2 Å². The van der Waals surface area contributed by atoms with Gasteiger partial charge in [-0.05, 0) is 42.5 Å². The number of rotatable bonds is 8. The molecule has 0 amide bonds. The predicted octanol–water partition coefficient (Wildman–Crippen LogP) is 4.47. The van der Waals surface area contributed by atoms with E-state index in [0.717, 1.165) is 0 Å². The van der Waals surface area contributed by atoms with Crippen molar-refractivity contribution in [1.82, 2.24) is 9.55 Å². The van der Waals surface area contributed by atoms with Gasteiger partial charge in [0.1, 0.15) is 17.6 Å². The highest BCUT2D eigenvalue weighted by molar-refractivity contribution is 7.92. The van der Waals surface area contributed by atoms with Crippen molar-refractivity contribution in [3.05, 3.63) is 88.9 Å². The van der Waals surface area contributed by atoms with Gasteiger partial charge < -0.3 is 9.30 Å². The molecular weight excluding hydrogens is 461 g/mol. The number of ether oxygens (including phenoxy) is 1. The SMILES string of the molecule is C=CCN(c1ccc(Cl)cc1)S(=O)(=O)c1cccc(C(=O)OCc2ncc(Cl)n2C)c1. The van der Waals surface area contributed by atoms with Crippen molar-refractivity contribution in [1.29, 1.82) is 0 Å². The van der Waals surface area contributed by atoms with Crippen molar-refractivity contribution < 1.29 is 17.9 Å². The molecule has 0 bridgehead atoms. The molecule has 0 spiro atoms. The van der Waals surface area contributed by atoms with Gasteiger partial charge in [-0.25, -0.2) is 18.2 Å². The molecule has 0 aliphatic carbocycles. The first kappa shape index (κ1) is 22.9. The van der Waals surface area contributed by atoms with Gasteiger partial charge in [-0.2, -0.15) is 0 Å². The molecule has 7 nitrogen and oxygen atoms in total. The van der Waals surface area contributed by atoms with Gasteiger partial charge in [-0.3, -0.25) is 4.31 Å². The van der Waals surface area contributed by atoms with E-state index >= 15 is 0 Å². The van der Waals surface area contributed by atoms with E-state index in [0.29, 0.717) is 21.7 Å². The van der Waals surface area contributed by atoms with Crippen LogP contribution in [0.1, 0.15) is 16.2 Å². The highest BCUT2D eigenvalue weighted by Crippen LogP contribution is 2.26. The molecule has 0 unspecified atom stereocenters. The molecule has 1 heterocycles. The van der Waals surface area contributed by atoms with Crippen LogP contribution in [-0.4, -0.2) is 30.5 Å². The van der Waals surface area contributed by atoms with Crippen molar-refractivity contribution in [2.75, 3.05) is 10.8 Å². The standard InChI is InChI=1S/C21H19Cl2N3O4S/c1-3-11-26(17-9-7-16(22)8-10-17)31(28,29)18-6-4-5-15(12-18)21(27)30-14-20-24-13-19(23)25(20)2/h3-10,12-13H,1,11,14H2,2H3. The Balaban J connectivity index is 1.85. The highest BCUT2D eigenvalue weighted by atomic mass is 35.5. The Kier molecular flexibility index (Phi) is 7.04. The van der Waals surface area contributed by atoms with E-state index in [1.54, 1.807) is 35.9 Å². The van der Waals surface area contributed by atoms with Crippen molar-refractivity contribution >= 4 is 44.9 Å². The van der Waals surface area contributed by atoms with Crippen LogP contribution in [0.25, 0.3) is 0 Å². The Morgan fingerprint density at radius 1 is 1.23 bits per heavy atom. The second kappa shape index (κ2) is 9.55. The first-order chi connectivity index (χ1) is 14.7. The molecule has 0 saturated carbocycles. The van der Waals surface area contributed by atoms with Crippen LogP contribution in [-0.2, 0) is 28.4 Å². The fourth-order valence-electron chi connectivity index (χ4n) is 2.75. The fourth-order valence-corrected chi connectivity index (χ4v) is 4.50. The summed E-state index contributed by atoms with van der Waals surface area (Å²) in [6, 6.07) is 12.0. The Morgan fingerprint density at radius 2 is 1.94 bits per heavy atom. The zero-order chi connectivity index (χ0) is 22.6. The zero-order valence-corrected chi connectivity index (χ0v) is 18.9. The van der Waals surface area contributed by atoms with Crippen LogP contribution < -0.4 is 4.31 Å². The van der Waals surface area contributed by atoms with Crippen LogP contribution >= 0.6 is 23.2 Å². The number of carbonyl (C=O) groups is 1. The number of imidazole rings is 1. The van der Waals surface area contributed by atoms with E-state index in [9.17, 15) is 13.2 Å². The Labute approximate surface area is 190 Å². The Bertz CT molecular complexity index is 1210. The third-order valence-corrected chi connectivity index (χ3v) is 6.82. The Morgan fingerprint density at radius 3 is 2.55 bits per heavy atom. The van der Waals surface area contributed by atoms with E-state index in [1.165, 1.54) is 40.8 Å². The minimum Gasteiger partial charge on any atom is -0.454 e. The molecule has 0 atom stereocenters. The quantitative estimate of drug-likeness (QED) is 0.351. The van der Waals surface area contributed by atoms with Crippen LogP contribution in [0, 0.1) is 0 Å². The molecule has 0 radical (unpaired) electrons. The Hall–Kier alpha value is -2.81. The number of nitrogens with zero attached hydrogens (tertiary/aromatic N) is 3. The summed E-state index contributed by atoms with van der Waals surface area (Å²) in [5.41, 5.74) is 0.514. The maximum Gasteiger partial charge on any atom is 0.338 e. The van der Waals surface area contributed by atoms with Crippen molar-refractivity contribution in [3.8, 4) is 0 Å². The van der Waals surface area contributed by atoms with Gasteiger partial charge in [0.2, 0.25) is 0 Å². The molecule has 162 valence electrons. The number of benzene rings is 2. The van der Waals surface area contributed by atoms with Gasteiger partial charge in [0.15, 0.2) is 0 Å². The second-order valence-corrected chi connectivity index (χ2v) is 9.15. The lowest BCUT2D eigenvalue weighted by Gasteiger charge is -2.23. The molecule has 2 aromatic carbocycles. The van der Waals surface area contributed by atoms with Gasteiger partial charge in [-0.15, -0.1) is 6.58 Å². The zero-order valence-electron chi connectivity index (χ0n) is 16.5. The summed E-state index contributed by atoms with van der Waals surface area (Å²) in [5, 5.41) is 0.891. The lowest BCUT2D eigenvalue weighted by Crippen LogP contribution is -2.31. The van der Waals surface area contributed by atoms with Crippen molar-refractivity contribution in [2.45, 2.75) is 11.5 Å². The van der Waals surface area contributed by atoms with E-state index in [1.807, 2.05) is 0 Å². The molecule has 1 aromatic heterocycles. The summed E-state index contributed by atoms with van der Waals surface area (Å²) in [6.07, 6.45) is 2.92. The molecule has 10 heteroatoms. The third-order valence-electron chi connectivity index (χ3n) is 4.43. The van der Waals surface area contributed by atoms with Crippen LogP contribution in [0.15, 0.2) is 72.3 Å². The molecule has 3 aromatic rings. The largest absolute Gasteiger partial charge is 0.454 e. The van der Waals surface area contributed by atoms with Gasteiger partial charge in [-0.1, -0.05) is 35.3 Å². The summed E-state index contributed by atoms with van der Waals surface area (Å²) in [6.45, 7) is 3.57. The smallest absolute Gasteiger partial charge is 0.338 e. The summed E-state index contributed by atoms with van der Waals surface area (Å²) in [4.78, 5) is 16.5. The minimum atomic E-state index is -3.98. The number of anilines is 1. The van der Waals surface area contributed by atoms with Crippen LogP contribution in [0.3, 0.4) is 0 Å². The monoisotopic (exact) mass is 479 g/mol. The summed E-state index contributed by atoms with van der Waals surface area (Å²) in [5.74, 6) is -0.222. The number of halogens is 2. The van der Waals surface area contributed by atoms with E-state index in [4.69, 9.17) is 27.9 Å². The molecule has 0 aliphatic heterocycles. The number of hydrogen-bond donors (Lipinski definition) is 0. The van der Waals surface area contributed by atoms with Crippen LogP contribution in [0.4, 0.5) is 5.69 Å². The third kappa shape index (κ3) is 5.10. The fraction of sp³-hybridized carbons (Fsp3) is 0.143. The summed E-state index contributed by atoms with van der Waals surface area (Å²) >= 11 is 11.8. The molecule has 0 aliphatic rings. The van der Waals surface area contributed by atoms with E-state index in [2.05, 4.69) is 11.6 Å². The molecule has 0 fully saturated rings.